The van der Waals surface area contributed by atoms with Gasteiger partial charge in [-0.1, -0.05) is 17.7 Å². The molecule has 0 unspecified atom stereocenters. The number of benzene rings is 3. The maximum absolute atomic E-state index is 16.7. The predicted molar refractivity (Wildman–Crippen MR) is 253 cm³/mol. The quantitative estimate of drug-likeness (QED) is 0.139. The van der Waals surface area contributed by atoms with Crippen molar-refractivity contribution in [3.8, 4) is 11.1 Å². The summed E-state index contributed by atoms with van der Waals surface area (Å²) in [6.07, 6.45) is 9.57. The van der Waals surface area contributed by atoms with Crippen molar-refractivity contribution in [1.29, 1.82) is 0 Å². The zero-order chi connectivity index (χ0) is 47.1. The lowest BCUT2D eigenvalue weighted by Crippen LogP contribution is -2.51. The number of aromatic nitrogens is 3. The van der Waals surface area contributed by atoms with E-state index in [1.807, 2.05) is 30.2 Å². The lowest BCUT2D eigenvalue weighted by Gasteiger charge is -2.44. The third kappa shape index (κ3) is 9.23. The summed E-state index contributed by atoms with van der Waals surface area (Å²) in [4.78, 5) is 64.7. The number of amides is 5. The van der Waals surface area contributed by atoms with Gasteiger partial charge in [-0.15, -0.1) is 0 Å². The highest BCUT2D eigenvalue weighted by atomic mass is 35.5. The minimum Gasteiger partial charge on any atom is -0.371 e. The molecule has 0 spiro atoms. The van der Waals surface area contributed by atoms with E-state index in [2.05, 4.69) is 25.2 Å². The minimum atomic E-state index is -1.07. The summed E-state index contributed by atoms with van der Waals surface area (Å²) in [6.45, 7) is 4.07. The molecule has 3 saturated heterocycles. The largest absolute Gasteiger partial charge is 0.371 e. The van der Waals surface area contributed by atoms with Gasteiger partial charge in [-0.3, -0.25) is 29.3 Å². The maximum atomic E-state index is 16.7. The molecule has 0 bridgehead atoms. The van der Waals surface area contributed by atoms with E-state index < -0.39 is 29.4 Å². The Kier molecular flexibility index (Phi) is 13.1. The van der Waals surface area contributed by atoms with Crippen molar-refractivity contribution in [1.82, 2.24) is 34.8 Å². The third-order valence-electron chi connectivity index (χ3n) is 13.9. The average molecular weight is 939 g/mol. The van der Waals surface area contributed by atoms with Crippen LogP contribution in [0, 0.1) is 17.5 Å². The zero-order valence-corrected chi connectivity index (χ0v) is 38.6. The van der Waals surface area contributed by atoms with Gasteiger partial charge >= 0.3 is 6.03 Å². The Morgan fingerprint density at radius 2 is 1.63 bits per heavy atom. The second-order valence-corrected chi connectivity index (χ2v) is 18.5. The van der Waals surface area contributed by atoms with Crippen LogP contribution in [0.15, 0.2) is 67.0 Å². The van der Waals surface area contributed by atoms with Crippen LogP contribution >= 0.6 is 11.6 Å². The topological polar surface area (TPSA) is 133 Å². The highest BCUT2D eigenvalue weighted by Crippen LogP contribution is 2.41. The Morgan fingerprint density at radius 1 is 0.851 bits per heavy atom. The number of aryl methyl sites for hydroxylation is 1. The molecule has 0 aliphatic carbocycles. The molecule has 2 aromatic heterocycles. The fraction of sp³-hybridized carbons (Fsp3) is 0.408. The van der Waals surface area contributed by atoms with Gasteiger partial charge < -0.3 is 29.5 Å². The standard InChI is InChI=1S/C49H54ClF3N10O4/c1-57(2)48(66)39-28-37-36(27-35(45(52)47(37)55-39)30-6-4-18-61(29-30)43(65)16-24-62-19-5-17-54-62)34-8-10-40(46(53)44(34)51)60-22-13-32(14-23-60)59-20-11-31(12-21-59)58(3)33-7-9-38(50)41(26-33)63-25-15-42(64)56-49(63)67/h5-10,17,19,26-28,31-32,55H,4,11-16,18,20-25,29H2,1-3H3,(H,56,64,67). The van der Waals surface area contributed by atoms with Crippen LogP contribution in [-0.4, -0.2) is 132 Å². The molecule has 2 N–H and O–H groups in total. The van der Waals surface area contributed by atoms with Crippen LogP contribution in [0.3, 0.4) is 0 Å². The average Bonchev–Trinajstić information content (AvgIpc) is 4.04. The fourth-order valence-corrected chi connectivity index (χ4v) is 10.3. The molecule has 5 amide bonds. The molecule has 6 heterocycles. The van der Waals surface area contributed by atoms with Gasteiger partial charge in [0.15, 0.2) is 17.5 Å². The number of aromatic amines is 1. The maximum Gasteiger partial charge on any atom is 0.328 e. The van der Waals surface area contributed by atoms with Crippen LogP contribution in [0.2, 0.25) is 5.02 Å². The predicted octanol–water partition coefficient (Wildman–Crippen LogP) is 7.53. The smallest absolute Gasteiger partial charge is 0.328 e. The van der Waals surface area contributed by atoms with Crippen molar-refractivity contribution in [2.75, 3.05) is 81.7 Å². The van der Waals surface area contributed by atoms with Gasteiger partial charge in [0.1, 0.15) is 5.69 Å². The van der Waals surface area contributed by atoms with E-state index in [0.29, 0.717) is 48.9 Å². The van der Waals surface area contributed by atoms with E-state index in [1.165, 1.54) is 28.0 Å². The Labute approximate surface area is 391 Å². The summed E-state index contributed by atoms with van der Waals surface area (Å²) >= 11 is 6.51. The summed E-state index contributed by atoms with van der Waals surface area (Å²) in [5, 5.41) is 7.20. The van der Waals surface area contributed by atoms with Crippen LogP contribution in [0.4, 0.5) is 35.0 Å². The van der Waals surface area contributed by atoms with Crippen LogP contribution < -0.4 is 20.0 Å². The van der Waals surface area contributed by atoms with Crippen molar-refractivity contribution in [3.63, 3.8) is 0 Å². The number of piperidine rings is 2. The Balaban J connectivity index is 0.883. The highest BCUT2D eigenvalue weighted by molar-refractivity contribution is 6.34. The Bertz CT molecular complexity index is 2740. The van der Waals surface area contributed by atoms with Gasteiger partial charge in [0.25, 0.3) is 5.91 Å². The van der Waals surface area contributed by atoms with E-state index in [9.17, 15) is 19.2 Å². The number of H-pyrrole nitrogens is 1. The molecule has 0 saturated carbocycles. The number of carbonyl (C=O) groups excluding carboxylic acids is 4. The van der Waals surface area contributed by atoms with E-state index >= 15 is 13.2 Å². The normalized spacial score (nSPS) is 17.8. The zero-order valence-electron chi connectivity index (χ0n) is 37.8. The summed E-state index contributed by atoms with van der Waals surface area (Å²) in [5.41, 5.74) is 2.57. The number of likely N-dealkylation sites (tertiary alicyclic amines) is 1. The number of hydrogen-bond donors (Lipinski definition) is 2. The molecule has 0 atom stereocenters. The first kappa shape index (κ1) is 45.8. The molecule has 67 heavy (non-hydrogen) atoms. The van der Waals surface area contributed by atoms with Crippen LogP contribution in [0.1, 0.15) is 61.0 Å². The molecule has 3 fully saturated rings. The number of hydrogen-bond acceptors (Lipinski definition) is 8. The van der Waals surface area contributed by atoms with Crippen molar-refractivity contribution in [3.05, 3.63) is 101 Å². The van der Waals surface area contributed by atoms with Crippen molar-refractivity contribution in [2.45, 2.75) is 63.6 Å². The first-order valence-electron chi connectivity index (χ1n) is 22.9. The number of rotatable bonds is 11. The third-order valence-corrected chi connectivity index (χ3v) is 14.2. The van der Waals surface area contributed by atoms with Crippen molar-refractivity contribution < 1.29 is 32.3 Å². The van der Waals surface area contributed by atoms with Crippen molar-refractivity contribution in [2.24, 2.45) is 0 Å². The molecule has 9 rings (SSSR count). The number of imide groups is 1. The lowest BCUT2D eigenvalue weighted by molar-refractivity contribution is -0.131. The van der Waals surface area contributed by atoms with Gasteiger partial charge in [-0.25, -0.2) is 18.0 Å². The molecule has 4 aliphatic heterocycles. The van der Waals surface area contributed by atoms with Gasteiger partial charge in [0, 0.05) is 133 Å². The fourth-order valence-electron chi connectivity index (χ4n) is 10.1. The Hall–Kier alpha value is -6.33. The molecule has 5 aromatic rings. The van der Waals surface area contributed by atoms with E-state index in [-0.39, 0.29) is 88.8 Å². The molecule has 0 radical (unpaired) electrons. The van der Waals surface area contributed by atoms with E-state index in [4.69, 9.17) is 11.6 Å². The van der Waals surface area contributed by atoms with Crippen molar-refractivity contribution >= 4 is 68.9 Å². The van der Waals surface area contributed by atoms with Gasteiger partial charge in [0.2, 0.25) is 11.8 Å². The lowest BCUT2D eigenvalue weighted by atomic mass is 9.92. The summed E-state index contributed by atoms with van der Waals surface area (Å²) in [7, 11) is 5.19. The number of nitrogens with one attached hydrogen (secondary N) is 2. The van der Waals surface area contributed by atoms with Crippen LogP contribution in [0.5, 0.6) is 0 Å². The second-order valence-electron chi connectivity index (χ2n) is 18.1. The first-order valence-corrected chi connectivity index (χ1v) is 23.3. The molecular weight excluding hydrogens is 885 g/mol. The SMILES string of the molecule is CN(C)C(=O)c1cc2c(-c3ccc(N4CCC(N5CCC(N(C)c6ccc(Cl)c(N7CCC(=O)NC7=O)c6)CC5)CC4)c(F)c3F)cc(C3=CCCN(C(=O)CCn4cccn4)C3)c(F)c2[nH]1. The second kappa shape index (κ2) is 19.1. The number of nitrogens with zero attached hydrogens (tertiary/aromatic N) is 8. The molecular formula is C49H54ClF3N10O4. The monoisotopic (exact) mass is 938 g/mol. The van der Waals surface area contributed by atoms with E-state index in [1.54, 1.807) is 54.3 Å². The molecule has 3 aromatic carbocycles. The number of halogens is 4. The number of carbonyl (C=O) groups is 4. The van der Waals surface area contributed by atoms with Crippen LogP contribution in [-0.2, 0) is 16.1 Å². The molecule has 18 heteroatoms. The summed E-state index contributed by atoms with van der Waals surface area (Å²) in [6, 6.07) is 13.6. The Morgan fingerprint density at radius 3 is 2.34 bits per heavy atom. The number of anilines is 3. The molecule has 14 nitrogen and oxygen atoms in total. The summed E-state index contributed by atoms with van der Waals surface area (Å²) in [5.74, 6) is -3.53. The van der Waals surface area contributed by atoms with Gasteiger partial charge in [0.05, 0.1) is 21.9 Å². The highest BCUT2D eigenvalue weighted by Gasteiger charge is 2.33. The first-order chi connectivity index (χ1) is 32.2. The number of urea groups is 1. The van der Waals surface area contributed by atoms with E-state index in [0.717, 1.165) is 44.5 Å². The van der Waals surface area contributed by atoms with Gasteiger partial charge in [-0.05, 0) is 91.8 Å². The minimum absolute atomic E-state index is 0.00976. The summed E-state index contributed by atoms with van der Waals surface area (Å²) < 4.78 is 51.4. The molecule has 352 valence electrons. The number of fused-ring (bicyclic) bond motifs is 1. The molecule has 4 aliphatic rings. The van der Waals surface area contributed by atoms with Crippen LogP contribution in [0.25, 0.3) is 27.6 Å². The van der Waals surface area contributed by atoms with Gasteiger partial charge in [-0.2, -0.15) is 5.10 Å².